The van der Waals surface area contributed by atoms with Crippen molar-refractivity contribution in [2.75, 3.05) is 12.1 Å². The van der Waals surface area contributed by atoms with E-state index in [1.54, 1.807) is 24.4 Å². The van der Waals surface area contributed by atoms with Crippen LogP contribution in [-0.4, -0.2) is 26.1 Å². The van der Waals surface area contributed by atoms with Crippen LogP contribution in [0.5, 0.6) is 11.5 Å². The van der Waals surface area contributed by atoms with E-state index < -0.39 is 15.4 Å². The molecule has 2 heterocycles. The van der Waals surface area contributed by atoms with Crippen molar-refractivity contribution in [2.24, 2.45) is 5.14 Å². The molecule has 5 rings (SSSR count). The first kappa shape index (κ1) is 20.5. The maximum Gasteiger partial charge on any atom is 0.238 e. The van der Waals surface area contributed by atoms with E-state index >= 15 is 0 Å². The van der Waals surface area contributed by atoms with Crippen LogP contribution < -0.4 is 19.9 Å². The fraction of sp³-hybridized carbons (Fsp3) is 0.217. The van der Waals surface area contributed by atoms with Crippen LogP contribution in [-0.2, 0) is 20.2 Å². The number of amides is 1. The van der Waals surface area contributed by atoms with Gasteiger partial charge in [-0.15, -0.1) is 0 Å². The molecular formula is C23H21N3O5S. The molecule has 1 aliphatic heterocycles. The van der Waals surface area contributed by atoms with Gasteiger partial charge in [0.05, 0.1) is 10.3 Å². The Morgan fingerprint density at radius 3 is 2.44 bits per heavy atom. The lowest BCUT2D eigenvalue weighted by Crippen LogP contribution is -2.28. The summed E-state index contributed by atoms with van der Waals surface area (Å²) in [6.07, 6.45) is 3.18. The van der Waals surface area contributed by atoms with Gasteiger partial charge >= 0.3 is 0 Å². The number of aryl methyl sites for hydroxylation is 1. The quantitative estimate of drug-likeness (QED) is 0.615. The molecule has 1 aliphatic carbocycles. The molecule has 1 saturated carbocycles. The Labute approximate surface area is 185 Å². The molecule has 0 bridgehead atoms. The second-order valence-electron chi connectivity index (χ2n) is 8.06. The monoisotopic (exact) mass is 451 g/mol. The number of ether oxygens (including phenoxy) is 2. The third-order valence-corrected chi connectivity index (χ3v) is 6.89. The van der Waals surface area contributed by atoms with Crippen molar-refractivity contribution < 1.29 is 22.7 Å². The third kappa shape index (κ3) is 3.59. The highest BCUT2D eigenvalue weighted by Gasteiger charge is 2.51. The van der Waals surface area contributed by atoms with Crippen molar-refractivity contribution in [1.29, 1.82) is 0 Å². The molecule has 9 heteroatoms. The van der Waals surface area contributed by atoms with Gasteiger partial charge in [-0.2, -0.15) is 0 Å². The van der Waals surface area contributed by atoms with E-state index in [-0.39, 0.29) is 17.6 Å². The van der Waals surface area contributed by atoms with E-state index in [2.05, 4.69) is 10.3 Å². The van der Waals surface area contributed by atoms with Gasteiger partial charge in [0.2, 0.25) is 22.7 Å². The summed E-state index contributed by atoms with van der Waals surface area (Å²) in [4.78, 5) is 17.6. The van der Waals surface area contributed by atoms with E-state index in [1.165, 1.54) is 12.1 Å². The van der Waals surface area contributed by atoms with E-state index in [4.69, 9.17) is 14.6 Å². The standard InChI is InChI=1S/C23H21N3O5S/c1-14-10-21(25-12-18(14)15-2-5-17(6-3-15)32(24,28)29)26-22(27)23(8-9-23)16-4-7-19-20(11-16)31-13-30-19/h2-7,10-12H,8-9,13H2,1H3,(H2,24,28,29)(H,25,26,27). The first-order valence-corrected chi connectivity index (χ1v) is 11.6. The molecule has 3 N–H and O–H groups in total. The lowest BCUT2D eigenvalue weighted by atomic mass is 9.94. The summed E-state index contributed by atoms with van der Waals surface area (Å²) in [7, 11) is -3.74. The number of carbonyl (C=O) groups excluding carboxylic acids is 1. The number of carbonyl (C=O) groups is 1. The van der Waals surface area contributed by atoms with Gasteiger partial charge in [-0.1, -0.05) is 18.2 Å². The zero-order valence-corrected chi connectivity index (χ0v) is 18.1. The van der Waals surface area contributed by atoms with Gasteiger partial charge in [0.15, 0.2) is 11.5 Å². The number of nitrogens with one attached hydrogen (secondary N) is 1. The van der Waals surface area contributed by atoms with Gasteiger partial charge in [-0.05, 0) is 66.8 Å². The first-order valence-electron chi connectivity index (χ1n) is 10.1. The Bertz CT molecular complexity index is 1330. The summed E-state index contributed by atoms with van der Waals surface area (Å²) in [6, 6.07) is 13.7. The molecule has 2 aromatic carbocycles. The van der Waals surface area contributed by atoms with Crippen molar-refractivity contribution in [2.45, 2.75) is 30.1 Å². The molecule has 164 valence electrons. The predicted molar refractivity (Wildman–Crippen MR) is 118 cm³/mol. The number of sulfonamides is 1. The van der Waals surface area contributed by atoms with Crippen LogP contribution in [0.25, 0.3) is 11.1 Å². The number of benzene rings is 2. The molecule has 8 nitrogen and oxygen atoms in total. The maximum absolute atomic E-state index is 13.1. The number of primary sulfonamides is 1. The molecule has 0 spiro atoms. The minimum absolute atomic E-state index is 0.0500. The molecule has 1 amide bonds. The minimum Gasteiger partial charge on any atom is -0.454 e. The molecule has 0 unspecified atom stereocenters. The molecule has 0 radical (unpaired) electrons. The summed E-state index contributed by atoms with van der Waals surface area (Å²) in [6.45, 7) is 2.10. The average Bonchev–Trinajstić information content (AvgIpc) is 3.44. The maximum atomic E-state index is 13.1. The van der Waals surface area contributed by atoms with Gasteiger partial charge in [0.1, 0.15) is 5.82 Å². The van der Waals surface area contributed by atoms with Crippen LogP contribution >= 0.6 is 0 Å². The number of anilines is 1. The van der Waals surface area contributed by atoms with E-state index in [9.17, 15) is 13.2 Å². The molecule has 1 aromatic heterocycles. The molecule has 3 aromatic rings. The zero-order valence-electron chi connectivity index (χ0n) is 17.3. The molecule has 32 heavy (non-hydrogen) atoms. The highest BCUT2D eigenvalue weighted by atomic mass is 32.2. The van der Waals surface area contributed by atoms with Crippen LogP contribution in [0.1, 0.15) is 24.0 Å². The fourth-order valence-electron chi connectivity index (χ4n) is 3.95. The normalized spacial score (nSPS) is 15.9. The Balaban J connectivity index is 1.35. The molecule has 2 aliphatic rings. The summed E-state index contributed by atoms with van der Waals surface area (Å²) < 4.78 is 33.7. The molecule has 0 atom stereocenters. The Morgan fingerprint density at radius 1 is 1.06 bits per heavy atom. The SMILES string of the molecule is Cc1cc(NC(=O)C2(c3ccc4c(c3)OCO4)CC2)ncc1-c1ccc(S(N)(=O)=O)cc1. The van der Waals surface area contributed by atoms with Crippen LogP contribution in [0.2, 0.25) is 0 Å². The number of hydrogen-bond donors (Lipinski definition) is 2. The summed E-state index contributed by atoms with van der Waals surface area (Å²) in [5.74, 6) is 1.71. The number of pyridine rings is 1. The highest BCUT2D eigenvalue weighted by molar-refractivity contribution is 7.89. The first-order chi connectivity index (χ1) is 15.3. The smallest absolute Gasteiger partial charge is 0.238 e. The van der Waals surface area contributed by atoms with Crippen LogP contribution in [0, 0.1) is 6.92 Å². The second kappa shape index (κ2) is 7.32. The van der Waals surface area contributed by atoms with Gasteiger partial charge in [0, 0.05) is 11.8 Å². The number of nitrogens with zero attached hydrogens (tertiary/aromatic N) is 1. The summed E-state index contributed by atoms with van der Waals surface area (Å²) in [5, 5.41) is 8.10. The number of rotatable bonds is 5. The Kier molecular flexibility index (Phi) is 4.68. The van der Waals surface area contributed by atoms with Crippen molar-refractivity contribution in [1.82, 2.24) is 4.98 Å². The van der Waals surface area contributed by atoms with Gasteiger partial charge in [-0.25, -0.2) is 18.5 Å². The van der Waals surface area contributed by atoms with Crippen LogP contribution in [0.15, 0.2) is 59.6 Å². The fourth-order valence-corrected chi connectivity index (χ4v) is 4.47. The molecule has 1 fully saturated rings. The van der Waals surface area contributed by atoms with Crippen molar-refractivity contribution in [3.63, 3.8) is 0 Å². The summed E-state index contributed by atoms with van der Waals surface area (Å²) >= 11 is 0. The Morgan fingerprint density at radius 2 is 1.78 bits per heavy atom. The van der Waals surface area contributed by atoms with Crippen LogP contribution in [0.3, 0.4) is 0 Å². The van der Waals surface area contributed by atoms with Gasteiger partial charge in [0.25, 0.3) is 0 Å². The number of fused-ring (bicyclic) bond motifs is 1. The molecule has 0 saturated heterocycles. The van der Waals surface area contributed by atoms with Crippen molar-refractivity contribution in [3.05, 3.63) is 65.9 Å². The summed E-state index contributed by atoms with van der Waals surface area (Å²) in [5.41, 5.74) is 2.85. The van der Waals surface area contributed by atoms with Crippen molar-refractivity contribution in [3.8, 4) is 22.6 Å². The second-order valence-corrected chi connectivity index (χ2v) is 9.62. The van der Waals surface area contributed by atoms with Gasteiger partial charge in [-0.3, -0.25) is 4.79 Å². The van der Waals surface area contributed by atoms with E-state index in [0.717, 1.165) is 35.1 Å². The van der Waals surface area contributed by atoms with E-state index in [1.807, 2.05) is 25.1 Å². The highest BCUT2D eigenvalue weighted by Crippen LogP contribution is 2.51. The lowest BCUT2D eigenvalue weighted by molar-refractivity contribution is -0.118. The zero-order chi connectivity index (χ0) is 22.5. The minimum atomic E-state index is -3.74. The lowest BCUT2D eigenvalue weighted by Gasteiger charge is -2.16. The number of nitrogens with two attached hydrogens (primary N) is 1. The number of hydrogen-bond acceptors (Lipinski definition) is 6. The Hall–Kier alpha value is -3.43. The average molecular weight is 452 g/mol. The molecular weight excluding hydrogens is 430 g/mol. The largest absolute Gasteiger partial charge is 0.454 e. The van der Waals surface area contributed by atoms with Crippen molar-refractivity contribution >= 4 is 21.7 Å². The third-order valence-electron chi connectivity index (χ3n) is 5.96. The van der Waals surface area contributed by atoms with E-state index in [0.29, 0.717) is 17.3 Å². The topological polar surface area (TPSA) is 121 Å². The van der Waals surface area contributed by atoms with Gasteiger partial charge < -0.3 is 14.8 Å². The van der Waals surface area contributed by atoms with Crippen LogP contribution in [0.4, 0.5) is 5.82 Å². The predicted octanol–water partition coefficient (Wildman–Crippen LogP) is 3.10. The number of aromatic nitrogens is 1.